The summed E-state index contributed by atoms with van der Waals surface area (Å²) in [6.45, 7) is 1.12. The lowest BCUT2D eigenvalue weighted by molar-refractivity contribution is -0.120. The number of nitrogens with zero attached hydrogens (tertiary/aromatic N) is 5. The standard InChI is InChI=1S/C23H22N6O4/c1-27-17-6-5-15(12-18(17)28(2)23(27)31)25-20(30)14-7-9-29(10-8-14)22-16(13-24)26-21(33-22)19-4-3-11-32-19/h3-6,11-12,14H,7-10H2,1-2H3,(H,25,30). The lowest BCUT2D eigenvalue weighted by atomic mass is 9.96. The molecule has 1 N–H and O–H groups in total. The Bertz CT molecular complexity index is 1430. The number of carbonyl (C=O) groups excluding carboxylic acids is 1. The van der Waals surface area contributed by atoms with Crippen molar-refractivity contribution in [3.63, 3.8) is 0 Å². The molecule has 1 aliphatic rings. The van der Waals surface area contributed by atoms with Gasteiger partial charge >= 0.3 is 5.69 Å². The van der Waals surface area contributed by atoms with Crippen LogP contribution >= 0.6 is 0 Å². The molecule has 168 valence electrons. The SMILES string of the molecule is Cn1c(=O)n(C)c2cc(NC(=O)C3CCN(c4oc(-c5ccco5)nc4C#N)CC3)ccc21. The number of hydrogen-bond acceptors (Lipinski definition) is 7. The van der Waals surface area contributed by atoms with Gasteiger partial charge in [0.2, 0.25) is 17.5 Å². The van der Waals surface area contributed by atoms with E-state index < -0.39 is 0 Å². The van der Waals surface area contributed by atoms with Crippen LogP contribution in [-0.2, 0) is 18.9 Å². The second-order valence-corrected chi connectivity index (χ2v) is 8.12. The number of hydrogen-bond donors (Lipinski definition) is 1. The third-order valence-electron chi connectivity index (χ3n) is 6.14. The van der Waals surface area contributed by atoms with Crippen molar-refractivity contribution in [2.24, 2.45) is 20.0 Å². The van der Waals surface area contributed by atoms with Gasteiger partial charge in [-0.05, 0) is 43.2 Å². The van der Waals surface area contributed by atoms with E-state index >= 15 is 0 Å². The molecule has 4 aromatic rings. The number of carbonyl (C=O) groups is 1. The van der Waals surface area contributed by atoms with E-state index in [9.17, 15) is 14.9 Å². The molecule has 3 aromatic heterocycles. The quantitative estimate of drug-likeness (QED) is 0.511. The van der Waals surface area contributed by atoms with Crippen molar-refractivity contribution in [2.75, 3.05) is 23.3 Å². The first kappa shape index (κ1) is 20.6. The summed E-state index contributed by atoms with van der Waals surface area (Å²) >= 11 is 0. The highest BCUT2D eigenvalue weighted by Crippen LogP contribution is 2.31. The van der Waals surface area contributed by atoms with Crippen LogP contribution in [0.4, 0.5) is 11.6 Å². The highest BCUT2D eigenvalue weighted by atomic mass is 16.4. The van der Waals surface area contributed by atoms with Gasteiger partial charge in [-0.1, -0.05) is 0 Å². The Hall–Kier alpha value is -4.26. The lowest BCUT2D eigenvalue weighted by Crippen LogP contribution is -2.38. The van der Waals surface area contributed by atoms with Crippen LogP contribution in [0.25, 0.3) is 22.7 Å². The van der Waals surface area contributed by atoms with E-state index in [0.717, 1.165) is 11.0 Å². The van der Waals surface area contributed by atoms with E-state index in [4.69, 9.17) is 8.83 Å². The minimum Gasteiger partial charge on any atom is -0.459 e. The fraction of sp³-hybridized carbons (Fsp3) is 0.304. The molecule has 1 saturated heterocycles. The van der Waals surface area contributed by atoms with Gasteiger partial charge in [0, 0.05) is 38.8 Å². The molecule has 1 fully saturated rings. The lowest BCUT2D eigenvalue weighted by Gasteiger charge is -2.30. The van der Waals surface area contributed by atoms with Gasteiger partial charge in [0.05, 0.1) is 17.3 Å². The summed E-state index contributed by atoms with van der Waals surface area (Å²) in [6.07, 6.45) is 2.74. The zero-order valence-electron chi connectivity index (χ0n) is 18.2. The molecule has 0 unspecified atom stereocenters. The molecule has 10 heteroatoms. The number of anilines is 2. The third kappa shape index (κ3) is 3.57. The van der Waals surface area contributed by atoms with Gasteiger partial charge in [-0.25, -0.2) is 4.79 Å². The number of nitriles is 1. The summed E-state index contributed by atoms with van der Waals surface area (Å²) < 4.78 is 14.3. The third-order valence-corrected chi connectivity index (χ3v) is 6.14. The van der Waals surface area contributed by atoms with Crippen LogP contribution in [0.5, 0.6) is 0 Å². The number of rotatable bonds is 4. The minimum absolute atomic E-state index is 0.0655. The van der Waals surface area contributed by atoms with E-state index in [0.29, 0.717) is 43.3 Å². The molecule has 0 atom stereocenters. The first-order valence-electron chi connectivity index (χ1n) is 10.6. The van der Waals surface area contributed by atoms with Gasteiger partial charge in [-0.15, -0.1) is 0 Å². The molecule has 0 radical (unpaired) electrons. The van der Waals surface area contributed by atoms with E-state index in [1.807, 2.05) is 17.0 Å². The zero-order valence-corrected chi connectivity index (χ0v) is 18.2. The zero-order chi connectivity index (χ0) is 23.1. The van der Waals surface area contributed by atoms with Crippen molar-refractivity contribution in [3.05, 3.63) is 52.8 Å². The van der Waals surface area contributed by atoms with Gasteiger partial charge in [0.15, 0.2) is 5.76 Å². The molecular weight excluding hydrogens is 424 g/mol. The summed E-state index contributed by atoms with van der Waals surface area (Å²) in [6, 6.07) is 11.0. The Balaban J connectivity index is 1.27. The number of amides is 1. The molecule has 0 aliphatic carbocycles. The monoisotopic (exact) mass is 446 g/mol. The molecular formula is C23H22N6O4. The molecule has 1 aromatic carbocycles. The first-order chi connectivity index (χ1) is 16.0. The minimum atomic E-state index is -0.172. The molecule has 5 rings (SSSR count). The molecule has 1 aliphatic heterocycles. The maximum Gasteiger partial charge on any atom is 0.328 e. The predicted octanol–water partition coefficient (Wildman–Crippen LogP) is 2.85. The number of aryl methyl sites for hydroxylation is 2. The van der Waals surface area contributed by atoms with E-state index in [1.54, 1.807) is 41.4 Å². The molecule has 1 amide bonds. The van der Waals surface area contributed by atoms with Gasteiger partial charge in [-0.3, -0.25) is 13.9 Å². The van der Waals surface area contributed by atoms with Gasteiger partial charge in [0.25, 0.3) is 5.89 Å². The van der Waals surface area contributed by atoms with E-state index in [2.05, 4.69) is 16.4 Å². The topological polar surface area (TPSA) is 122 Å². The summed E-state index contributed by atoms with van der Waals surface area (Å²) in [5.41, 5.74) is 2.31. The molecule has 0 saturated carbocycles. The maximum absolute atomic E-state index is 12.9. The van der Waals surface area contributed by atoms with Crippen molar-refractivity contribution >= 4 is 28.5 Å². The van der Waals surface area contributed by atoms with Gasteiger partial charge in [-0.2, -0.15) is 10.2 Å². The van der Waals surface area contributed by atoms with Crippen LogP contribution in [0.2, 0.25) is 0 Å². The molecule has 0 spiro atoms. The van der Waals surface area contributed by atoms with Crippen molar-refractivity contribution < 1.29 is 13.6 Å². The average molecular weight is 446 g/mol. The molecule has 10 nitrogen and oxygen atoms in total. The Labute approximate surface area is 188 Å². The Morgan fingerprint density at radius 1 is 1.18 bits per heavy atom. The van der Waals surface area contributed by atoms with Crippen molar-refractivity contribution in [1.82, 2.24) is 14.1 Å². The number of piperidine rings is 1. The normalized spacial score (nSPS) is 14.5. The second-order valence-electron chi connectivity index (χ2n) is 8.12. The highest BCUT2D eigenvalue weighted by Gasteiger charge is 2.29. The summed E-state index contributed by atoms with van der Waals surface area (Å²) in [7, 11) is 3.43. The van der Waals surface area contributed by atoms with Crippen LogP contribution in [0.1, 0.15) is 18.5 Å². The molecule has 0 bridgehead atoms. The van der Waals surface area contributed by atoms with Crippen molar-refractivity contribution in [2.45, 2.75) is 12.8 Å². The van der Waals surface area contributed by atoms with E-state index in [1.165, 1.54) is 6.26 Å². The number of fused-ring (bicyclic) bond motifs is 1. The van der Waals surface area contributed by atoms with Crippen LogP contribution in [0.3, 0.4) is 0 Å². The fourth-order valence-corrected chi connectivity index (χ4v) is 4.28. The van der Waals surface area contributed by atoms with E-state index in [-0.39, 0.29) is 29.1 Å². The highest BCUT2D eigenvalue weighted by molar-refractivity contribution is 5.94. The molecule has 4 heterocycles. The van der Waals surface area contributed by atoms with Crippen molar-refractivity contribution in [3.8, 4) is 17.7 Å². The predicted molar refractivity (Wildman–Crippen MR) is 121 cm³/mol. The number of nitrogens with one attached hydrogen (secondary N) is 1. The smallest absolute Gasteiger partial charge is 0.328 e. The number of benzene rings is 1. The summed E-state index contributed by atoms with van der Waals surface area (Å²) in [4.78, 5) is 31.2. The van der Waals surface area contributed by atoms with Crippen LogP contribution in [-0.4, -0.2) is 33.1 Å². The number of aromatic nitrogens is 3. The number of oxazole rings is 1. The Morgan fingerprint density at radius 3 is 2.64 bits per heavy atom. The maximum atomic E-state index is 12.9. The average Bonchev–Trinajstić information content (AvgIpc) is 3.56. The molecule has 33 heavy (non-hydrogen) atoms. The fourth-order valence-electron chi connectivity index (χ4n) is 4.28. The van der Waals surface area contributed by atoms with Crippen LogP contribution in [0, 0.1) is 17.2 Å². The largest absolute Gasteiger partial charge is 0.459 e. The Kier molecular flexibility index (Phi) is 5.01. The Morgan fingerprint density at radius 2 is 1.94 bits per heavy atom. The number of imidazole rings is 1. The van der Waals surface area contributed by atoms with Gasteiger partial charge in [0.1, 0.15) is 6.07 Å². The van der Waals surface area contributed by atoms with Gasteiger partial charge < -0.3 is 19.1 Å². The first-order valence-corrected chi connectivity index (χ1v) is 10.6. The van der Waals surface area contributed by atoms with Crippen LogP contribution in [0.15, 0.2) is 50.2 Å². The second kappa shape index (κ2) is 8.02. The summed E-state index contributed by atoms with van der Waals surface area (Å²) in [5.74, 6) is 0.883. The van der Waals surface area contributed by atoms with Crippen LogP contribution < -0.4 is 15.9 Å². The number of furan rings is 1. The summed E-state index contributed by atoms with van der Waals surface area (Å²) in [5, 5.41) is 12.4. The van der Waals surface area contributed by atoms with Crippen molar-refractivity contribution in [1.29, 1.82) is 5.26 Å².